The van der Waals surface area contributed by atoms with Gasteiger partial charge in [-0.1, -0.05) is 0 Å². The van der Waals surface area contributed by atoms with E-state index in [0.29, 0.717) is 19.5 Å². The standard InChI is InChI=1S/C19H27FN4O2.ClH/c1-21-8-10-23(11-9-21)18(25)6-7-19(26)24-14-12-22(13-15-24)17-4-2-16(20)3-5-17;/h2-5H,6-15H2,1H3;1H. The molecular weight excluding hydrogens is 371 g/mol. The Bertz CT molecular complexity index is 627. The van der Waals surface area contributed by atoms with E-state index in [1.807, 2.05) is 9.80 Å². The Balaban J connectivity index is 0.00000261. The number of hydrogen-bond acceptors (Lipinski definition) is 4. The number of hydrogen-bond donors (Lipinski definition) is 0. The number of rotatable bonds is 4. The van der Waals surface area contributed by atoms with Crippen LogP contribution >= 0.6 is 12.4 Å². The quantitative estimate of drug-likeness (QED) is 0.770. The van der Waals surface area contributed by atoms with Gasteiger partial charge in [-0.25, -0.2) is 4.39 Å². The minimum Gasteiger partial charge on any atom is -0.368 e. The van der Waals surface area contributed by atoms with E-state index in [4.69, 9.17) is 0 Å². The largest absolute Gasteiger partial charge is 0.368 e. The zero-order valence-electron chi connectivity index (χ0n) is 15.8. The van der Waals surface area contributed by atoms with Crippen LogP contribution in [0.4, 0.5) is 10.1 Å². The molecule has 6 nitrogen and oxygen atoms in total. The summed E-state index contributed by atoms with van der Waals surface area (Å²) >= 11 is 0. The highest BCUT2D eigenvalue weighted by Crippen LogP contribution is 2.17. The summed E-state index contributed by atoms with van der Waals surface area (Å²) in [6, 6.07) is 6.44. The van der Waals surface area contributed by atoms with Crippen LogP contribution in [-0.4, -0.2) is 85.9 Å². The summed E-state index contributed by atoms with van der Waals surface area (Å²) < 4.78 is 13.0. The van der Waals surface area contributed by atoms with E-state index < -0.39 is 0 Å². The average Bonchev–Trinajstić information content (AvgIpc) is 2.67. The van der Waals surface area contributed by atoms with E-state index in [-0.39, 0.29) is 36.5 Å². The van der Waals surface area contributed by atoms with Gasteiger partial charge in [-0.05, 0) is 31.3 Å². The number of anilines is 1. The van der Waals surface area contributed by atoms with Crippen LogP contribution in [0.5, 0.6) is 0 Å². The van der Waals surface area contributed by atoms with Crippen molar-refractivity contribution in [1.29, 1.82) is 0 Å². The van der Waals surface area contributed by atoms with Gasteiger partial charge in [0.15, 0.2) is 0 Å². The number of likely N-dealkylation sites (N-methyl/N-ethyl adjacent to an activating group) is 1. The molecule has 2 aliphatic heterocycles. The fourth-order valence-corrected chi connectivity index (χ4v) is 3.45. The molecule has 2 fully saturated rings. The van der Waals surface area contributed by atoms with Crippen LogP contribution in [0.2, 0.25) is 0 Å². The van der Waals surface area contributed by atoms with Crippen LogP contribution in [0.1, 0.15) is 12.8 Å². The molecule has 1 aromatic carbocycles. The van der Waals surface area contributed by atoms with Crippen molar-refractivity contribution in [3.63, 3.8) is 0 Å². The zero-order chi connectivity index (χ0) is 18.5. The Morgan fingerprint density at radius 2 is 1.26 bits per heavy atom. The molecule has 3 rings (SSSR count). The van der Waals surface area contributed by atoms with Crippen molar-refractivity contribution in [2.75, 3.05) is 64.3 Å². The summed E-state index contributed by atoms with van der Waals surface area (Å²) in [6.45, 7) is 6.02. The van der Waals surface area contributed by atoms with Crippen LogP contribution in [-0.2, 0) is 9.59 Å². The maximum Gasteiger partial charge on any atom is 0.223 e. The van der Waals surface area contributed by atoms with Crippen molar-refractivity contribution in [1.82, 2.24) is 14.7 Å². The van der Waals surface area contributed by atoms with Crippen molar-refractivity contribution >= 4 is 29.9 Å². The number of amides is 2. The number of halogens is 2. The monoisotopic (exact) mass is 398 g/mol. The van der Waals surface area contributed by atoms with Crippen molar-refractivity contribution in [2.24, 2.45) is 0 Å². The van der Waals surface area contributed by atoms with Crippen LogP contribution < -0.4 is 4.90 Å². The van der Waals surface area contributed by atoms with Crippen molar-refractivity contribution in [2.45, 2.75) is 12.8 Å². The molecule has 0 radical (unpaired) electrons. The highest BCUT2D eigenvalue weighted by Gasteiger charge is 2.24. The highest BCUT2D eigenvalue weighted by molar-refractivity contribution is 5.85. The summed E-state index contributed by atoms with van der Waals surface area (Å²) in [5, 5.41) is 0. The summed E-state index contributed by atoms with van der Waals surface area (Å²) in [5.74, 6) is -0.116. The fourth-order valence-electron chi connectivity index (χ4n) is 3.45. The number of carbonyl (C=O) groups excluding carboxylic acids is 2. The van der Waals surface area contributed by atoms with Crippen molar-refractivity contribution < 1.29 is 14.0 Å². The molecule has 150 valence electrons. The maximum absolute atomic E-state index is 13.0. The first-order valence-electron chi connectivity index (χ1n) is 9.27. The third-order valence-corrected chi connectivity index (χ3v) is 5.23. The summed E-state index contributed by atoms with van der Waals surface area (Å²) in [5.41, 5.74) is 0.976. The molecule has 2 heterocycles. The average molecular weight is 399 g/mol. The Labute approximate surface area is 166 Å². The lowest BCUT2D eigenvalue weighted by Gasteiger charge is -2.36. The Hall–Kier alpha value is -1.86. The van der Waals surface area contributed by atoms with Gasteiger partial charge < -0.3 is 19.6 Å². The third-order valence-electron chi connectivity index (χ3n) is 5.23. The second-order valence-electron chi connectivity index (χ2n) is 7.03. The Morgan fingerprint density at radius 3 is 1.74 bits per heavy atom. The number of carbonyl (C=O) groups is 2. The minimum atomic E-state index is -0.243. The lowest BCUT2D eigenvalue weighted by Crippen LogP contribution is -2.49. The number of nitrogens with zero attached hydrogens (tertiary/aromatic N) is 4. The van der Waals surface area contributed by atoms with Crippen LogP contribution in [0, 0.1) is 5.82 Å². The maximum atomic E-state index is 13.0. The normalized spacial score (nSPS) is 18.2. The Kier molecular flexibility index (Phi) is 7.86. The second kappa shape index (κ2) is 9.90. The molecule has 0 aliphatic carbocycles. The van der Waals surface area contributed by atoms with Crippen molar-refractivity contribution in [3.8, 4) is 0 Å². The first-order chi connectivity index (χ1) is 12.5. The smallest absolute Gasteiger partial charge is 0.223 e. The van der Waals surface area contributed by atoms with E-state index in [1.165, 1.54) is 12.1 Å². The van der Waals surface area contributed by atoms with Gasteiger partial charge in [-0.2, -0.15) is 0 Å². The predicted octanol–water partition coefficient (Wildman–Crippen LogP) is 1.45. The van der Waals surface area contributed by atoms with Crippen molar-refractivity contribution in [3.05, 3.63) is 30.1 Å². The van der Waals surface area contributed by atoms with E-state index >= 15 is 0 Å². The summed E-state index contributed by atoms with van der Waals surface area (Å²) in [4.78, 5) is 32.7. The molecule has 27 heavy (non-hydrogen) atoms. The molecule has 0 spiro atoms. The molecule has 0 atom stereocenters. The molecule has 2 amide bonds. The molecule has 0 aromatic heterocycles. The Morgan fingerprint density at radius 1 is 0.815 bits per heavy atom. The van der Waals surface area contributed by atoms with E-state index in [2.05, 4.69) is 16.8 Å². The van der Waals surface area contributed by atoms with Gasteiger partial charge in [-0.3, -0.25) is 9.59 Å². The van der Waals surface area contributed by atoms with Gasteiger partial charge in [0.1, 0.15) is 5.82 Å². The number of benzene rings is 1. The summed E-state index contributed by atoms with van der Waals surface area (Å²) in [7, 11) is 2.05. The first-order valence-corrected chi connectivity index (χ1v) is 9.27. The van der Waals surface area contributed by atoms with Crippen LogP contribution in [0.15, 0.2) is 24.3 Å². The van der Waals surface area contributed by atoms with Gasteiger partial charge in [-0.15, -0.1) is 12.4 Å². The molecule has 2 saturated heterocycles. The molecule has 0 unspecified atom stereocenters. The van der Waals surface area contributed by atoms with Gasteiger partial charge in [0.05, 0.1) is 0 Å². The predicted molar refractivity (Wildman–Crippen MR) is 106 cm³/mol. The molecule has 0 bridgehead atoms. The SMILES string of the molecule is CN1CCN(C(=O)CCC(=O)N2CCN(c3ccc(F)cc3)CC2)CC1.Cl. The molecule has 8 heteroatoms. The first kappa shape index (κ1) is 21.4. The van der Waals surface area contributed by atoms with E-state index in [0.717, 1.165) is 45.0 Å². The van der Waals surface area contributed by atoms with Gasteiger partial charge in [0, 0.05) is 70.9 Å². The lowest BCUT2D eigenvalue weighted by atomic mass is 10.2. The third kappa shape index (κ3) is 5.81. The second-order valence-corrected chi connectivity index (χ2v) is 7.03. The molecular formula is C19H28ClFN4O2. The lowest BCUT2D eigenvalue weighted by molar-refractivity contribution is -0.138. The van der Waals surface area contributed by atoms with Gasteiger partial charge in [0.2, 0.25) is 11.8 Å². The minimum absolute atomic E-state index is 0. The molecule has 1 aromatic rings. The van der Waals surface area contributed by atoms with Gasteiger partial charge >= 0.3 is 0 Å². The molecule has 2 aliphatic rings. The number of piperazine rings is 2. The zero-order valence-corrected chi connectivity index (χ0v) is 16.6. The summed E-state index contributed by atoms with van der Waals surface area (Å²) in [6.07, 6.45) is 0.572. The van der Waals surface area contributed by atoms with E-state index in [1.54, 1.807) is 12.1 Å². The fraction of sp³-hybridized carbons (Fsp3) is 0.579. The topological polar surface area (TPSA) is 47.1 Å². The highest BCUT2D eigenvalue weighted by atomic mass is 35.5. The van der Waals surface area contributed by atoms with Crippen LogP contribution in [0.3, 0.4) is 0 Å². The molecule has 0 N–H and O–H groups in total. The van der Waals surface area contributed by atoms with Gasteiger partial charge in [0.25, 0.3) is 0 Å². The van der Waals surface area contributed by atoms with E-state index in [9.17, 15) is 14.0 Å². The van der Waals surface area contributed by atoms with Crippen LogP contribution in [0.25, 0.3) is 0 Å². The molecule has 0 saturated carbocycles.